The molecule has 0 saturated carbocycles. The summed E-state index contributed by atoms with van der Waals surface area (Å²) in [5, 5.41) is 0. The number of alkyl halides is 3. The summed E-state index contributed by atoms with van der Waals surface area (Å²) in [6, 6.07) is 15.4. The molecule has 29 heavy (non-hydrogen) atoms. The van der Waals surface area contributed by atoms with Crippen molar-refractivity contribution in [3.8, 4) is 11.5 Å². The lowest BCUT2D eigenvalue weighted by Gasteiger charge is -2.49. The molecule has 1 aliphatic rings. The van der Waals surface area contributed by atoms with E-state index < -0.39 is 11.7 Å². The summed E-state index contributed by atoms with van der Waals surface area (Å²) in [5.74, 6) is 0.744. The molecule has 0 aromatic heterocycles. The predicted molar refractivity (Wildman–Crippen MR) is 107 cm³/mol. The van der Waals surface area contributed by atoms with Crippen LogP contribution in [0.3, 0.4) is 0 Å². The molecule has 1 heterocycles. The van der Waals surface area contributed by atoms with Crippen molar-refractivity contribution in [1.29, 1.82) is 0 Å². The monoisotopic (exact) mass is 407 g/mol. The van der Waals surface area contributed by atoms with Crippen molar-refractivity contribution in [3.63, 3.8) is 0 Å². The lowest BCUT2D eigenvalue weighted by atomic mass is 9.84. The zero-order valence-electron chi connectivity index (χ0n) is 17.1. The van der Waals surface area contributed by atoms with Crippen LogP contribution in [0, 0.1) is 0 Å². The van der Waals surface area contributed by atoms with Crippen LogP contribution in [0.2, 0.25) is 0 Å². The van der Waals surface area contributed by atoms with Crippen molar-refractivity contribution in [2.45, 2.75) is 57.5 Å². The van der Waals surface area contributed by atoms with Crippen LogP contribution >= 0.6 is 0 Å². The Kier molecular flexibility index (Phi) is 6.42. The van der Waals surface area contributed by atoms with Crippen molar-refractivity contribution < 1.29 is 22.6 Å². The average Bonchev–Trinajstić information content (AvgIpc) is 2.64. The van der Waals surface area contributed by atoms with Gasteiger partial charge in [-0.3, -0.25) is 4.90 Å². The number of rotatable bonds is 6. The zero-order valence-corrected chi connectivity index (χ0v) is 17.1. The van der Waals surface area contributed by atoms with E-state index in [0.717, 1.165) is 24.7 Å². The molecule has 2 aromatic carbocycles. The van der Waals surface area contributed by atoms with Gasteiger partial charge in [0.2, 0.25) is 0 Å². The normalized spacial score (nSPS) is 22.3. The maximum Gasteiger partial charge on any atom is 0.419 e. The van der Waals surface area contributed by atoms with Gasteiger partial charge in [0.05, 0.1) is 5.56 Å². The molecule has 0 bridgehead atoms. The highest BCUT2D eigenvalue weighted by Crippen LogP contribution is 2.37. The van der Waals surface area contributed by atoms with Gasteiger partial charge in [-0.1, -0.05) is 30.3 Å². The molecule has 0 N–H and O–H groups in total. The maximum absolute atomic E-state index is 13.1. The fourth-order valence-electron chi connectivity index (χ4n) is 4.25. The summed E-state index contributed by atoms with van der Waals surface area (Å²) in [5.41, 5.74) is -0.883. The smallest absolute Gasteiger partial charge is 0.419 e. The first-order valence-corrected chi connectivity index (χ1v) is 9.94. The second-order valence-corrected chi connectivity index (χ2v) is 8.19. The number of hydrogen-bond acceptors (Lipinski definition) is 3. The Hall–Kier alpha value is -2.21. The Morgan fingerprint density at radius 3 is 2.34 bits per heavy atom. The fraction of sp³-hybridized carbons (Fsp3) is 0.478. The summed E-state index contributed by atoms with van der Waals surface area (Å²) in [6.07, 6.45) is -2.62. The minimum atomic E-state index is -4.42. The molecule has 1 saturated heterocycles. The van der Waals surface area contributed by atoms with Gasteiger partial charge in [0.1, 0.15) is 24.2 Å². The van der Waals surface area contributed by atoms with Crippen LogP contribution in [0.5, 0.6) is 11.5 Å². The Bertz CT molecular complexity index is 792. The Labute approximate surface area is 170 Å². The first-order valence-electron chi connectivity index (χ1n) is 9.94. The lowest BCUT2D eigenvalue weighted by Crippen LogP contribution is -2.57. The lowest BCUT2D eigenvalue weighted by molar-refractivity contribution is -0.139. The highest BCUT2D eigenvalue weighted by Gasteiger charge is 2.40. The predicted octanol–water partition coefficient (Wildman–Crippen LogP) is 5.79. The van der Waals surface area contributed by atoms with E-state index in [9.17, 15) is 13.2 Å². The van der Waals surface area contributed by atoms with E-state index in [1.165, 1.54) is 12.1 Å². The highest BCUT2D eigenvalue weighted by atomic mass is 19.4. The van der Waals surface area contributed by atoms with E-state index in [2.05, 4.69) is 25.7 Å². The van der Waals surface area contributed by atoms with E-state index in [1.54, 1.807) is 6.07 Å². The molecule has 1 fully saturated rings. The molecule has 2 unspecified atom stereocenters. The molecule has 2 atom stereocenters. The van der Waals surface area contributed by atoms with Gasteiger partial charge >= 0.3 is 6.18 Å². The number of halogens is 3. The number of hydrogen-bond donors (Lipinski definition) is 0. The number of piperidine rings is 1. The van der Waals surface area contributed by atoms with E-state index in [0.29, 0.717) is 6.54 Å². The van der Waals surface area contributed by atoms with Gasteiger partial charge in [-0.15, -0.1) is 0 Å². The van der Waals surface area contributed by atoms with Gasteiger partial charge in [-0.2, -0.15) is 13.2 Å². The fourth-order valence-corrected chi connectivity index (χ4v) is 4.25. The van der Waals surface area contributed by atoms with E-state index in [1.807, 2.05) is 30.3 Å². The van der Waals surface area contributed by atoms with Crippen molar-refractivity contribution in [3.05, 3.63) is 60.2 Å². The molecular weight excluding hydrogens is 379 g/mol. The molecule has 0 radical (unpaired) electrons. The molecule has 0 aliphatic carbocycles. The third-order valence-corrected chi connectivity index (χ3v) is 5.47. The number of benzene rings is 2. The minimum Gasteiger partial charge on any atom is -0.492 e. The van der Waals surface area contributed by atoms with Crippen molar-refractivity contribution in [1.82, 2.24) is 4.90 Å². The molecule has 158 valence electrons. The Morgan fingerprint density at radius 1 is 1.03 bits per heavy atom. The van der Waals surface area contributed by atoms with E-state index >= 15 is 0 Å². The second-order valence-electron chi connectivity index (χ2n) is 8.19. The van der Waals surface area contributed by atoms with Crippen molar-refractivity contribution >= 4 is 0 Å². The molecule has 6 heteroatoms. The van der Waals surface area contributed by atoms with Gasteiger partial charge in [0, 0.05) is 24.5 Å². The number of para-hydroxylation sites is 2. The number of likely N-dealkylation sites (tertiary alicyclic amines) is 1. The summed E-state index contributed by atoms with van der Waals surface area (Å²) < 4.78 is 51.1. The summed E-state index contributed by atoms with van der Waals surface area (Å²) in [4.78, 5) is 2.30. The van der Waals surface area contributed by atoms with Gasteiger partial charge in [-0.05, 0) is 51.5 Å². The zero-order chi connectivity index (χ0) is 21.1. The standard InChI is InChI=1S/C23H28F3NO2/c1-17-15-19(29-18-9-5-4-6-10-18)16-22(2,3)27(17)13-14-28-21-12-8-7-11-20(21)23(24,25)26/h4-12,17,19H,13-16H2,1-3H3. The maximum atomic E-state index is 13.1. The molecule has 3 nitrogen and oxygen atoms in total. The molecule has 0 amide bonds. The Morgan fingerprint density at radius 2 is 1.69 bits per heavy atom. The third-order valence-electron chi connectivity index (χ3n) is 5.47. The summed E-state index contributed by atoms with van der Waals surface area (Å²) >= 11 is 0. The van der Waals surface area contributed by atoms with Crippen LogP contribution in [0.15, 0.2) is 54.6 Å². The molecule has 2 aromatic rings. The van der Waals surface area contributed by atoms with Gasteiger partial charge in [0.25, 0.3) is 0 Å². The Balaban J connectivity index is 1.59. The van der Waals surface area contributed by atoms with Crippen molar-refractivity contribution in [2.24, 2.45) is 0 Å². The van der Waals surface area contributed by atoms with Gasteiger partial charge in [0.15, 0.2) is 0 Å². The minimum absolute atomic E-state index is 0.102. The quantitative estimate of drug-likeness (QED) is 0.605. The van der Waals surface area contributed by atoms with Crippen LogP contribution in [0.4, 0.5) is 13.2 Å². The van der Waals surface area contributed by atoms with Crippen molar-refractivity contribution in [2.75, 3.05) is 13.2 Å². The number of ether oxygens (including phenoxy) is 2. The van der Waals surface area contributed by atoms with E-state index in [-0.39, 0.29) is 30.0 Å². The van der Waals surface area contributed by atoms with Gasteiger partial charge < -0.3 is 9.47 Å². The second kappa shape index (κ2) is 8.66. The first-order chi connectivity index (χ1) is 13.7. The van der Waals surface area contributed by atoms with E-state index in [4.69, 9.17) is 9.47 Å². The SMILES string of the molecule is CC1CC(Oc2ccccc2)CC(C)(C)N1CCOc1ccccc1C(F)(F)F. The molecule has 3 rings (SSSR count). The summed E-state index contributed by atoms with van der Waals surface area (Å²) in [7, 11) is 0. The van der Waals surface area contributed by atoms with Crippen LogP contribution < -0.4 is 9.47 Å². The molecule has 1 aliphatic heterocycles. The number of nitrogens with zero attached hydrogens (tertiary/aromatic N) is 1. The van der Waals surface area contributed by atoms with Crippen LogP contribution in [-0.4, -0.2) is 35.7 Å². The van der Waals surface area contributed by atoms with Crippen LogP contribution in [-0.2, 0) is 6.18 Å². The van der Waals surface area contributed by atoms with Gasteiger partial charge in [-0.25, -0.2) is 0 Å². The topological polar surface area (TPSA) is 21.7 Å². The first kappa shape index (κ1) is 21.5. The molecule has 0 spiro atoms. The molecular formula is C23H28F3NO2. The summed E-state index contributed by atoms with van der Waals surface area (Å²) in [6.45, 7) is 7.18. The third kappa shape index (κ3) is 5.44. The highest BCUT2D eigenvalue weighted by molar-refractivity contribution is 5.35. The van der Waals surface area contributed by atoms with Crippen LogP contribution in [0.1, 0.15) is 39.2 Å². The van der Waals surface area contributed by atoms with Crippen LogP contribution in [0.25, 0.3) is 0 Å². The largest absolute Gasteiger partial charge is 0.492 e. The average molecular weight is 407 g/mol.